The standard InChI is InChI=1S/C11H10BrClF2/c12-11-9(15)4-3-8(14)10(11)6-1-2-7(13)5-6/h3-4,6-7H,1-2,5H2. The van der Waals surface area contributed by atoms with Crippen molar-refractivity contribution in [3.05, 3.63) is 33.8 Å². The molecule has 15 heavy (non-hydrogen) atoms. The van der Waals surface area contributed by atoms with Gasteiger partial charge in [0.05, 0.1) is 4.47 Å². The molecule has 0 aliphatic heterocycles. The fourth-order valence-corrected chi connectivity index (χ4v) is 3.09. The van der Waals surface area contributed by atoms with Gasteiger partial charge in [0.1, 0.15) is 11.6 Å². The van der Waals surface area contributed by atoms with Crippen LogP contribution in [0.1, 0.15) is 30.7 Å². The van der Waals surface area contributed by atoms with Crippen LogP contribution in [0.15, 0.2) is 16.6 Å². The van der Waals surface area contributed by atoms with Crippen molar-refractivity contribution < 1.29 is 8.78 Å². The van der Waals surface area contributed by atoms with E-state index in [1.807, 2.05) is 0 Å². The van der Waals surface area contributed by atoms with Crippen molar-refractivity contribution in [2.75, 3.05) is 0 Å². The minimum Gasteiger partial charge on any atom is -0.207 e. The molecular formula is C11H10BrClF2. The van der Waals surface area contributed by atoms with E-state index >= 15 is 0 Å². The molecule has 0 aromatic heterocycles. The Labute approximate surface area is 101 Å². The van der Waals surface area contributed by atoms with E-state index in [9.17, 15) is 8.78 Å². The van der Waals surface area contributed by atoms with E-state index in [1.165, 1.54) is 6.07 Å². The van der Waals surface area contributed by atoms with Crippen LogP contribution in [0.3, 0.4) is 0 Å². The molecule has 1 aliphatic rings. The minimum atomic E-state index is -0.413. The molecule has 0 radical (unpaired) electrons. The molecule has 0 nitrogen and oxygen atoms in total. The van der Waals surface area contributed by atoms with E-state index in [0.29, 0.717) is 5.56 Å². The number of rotatable bonds is 1. The molecule has 0 spiro atoms. The van der Waals surface area contributed by atoms with Gasteiger partial charge >= 0.3 is 0 Å². The van der Waals surface area contributed by atoms with Crippen LogP contribution >= 0.6 is 27.5 Å². The molecule has 0 N–H and O–H groups in total. The number of halogens is 4. The zero-order chi connectivity index (χ0) is 11.0. The molecule has 0 saturated heterocycles. The number of hydrogen-bond donors (Lipinski definition) is 0. The summed E-state index contributed by atoms with van der Waals surface area (Å²) in [6.45, 7) is 0. The fraction of sp³-hybridized carbons (Fsp3) is 0.455. The average Bonchev–Trinajstić information content (AvgIpc) is 2.59. The Morgan fingerprint density at radius 2 is 1.87 bits per heavy atom. The quantitative estimate of drug-likeness (QED) is 0.524. The van der Waals surface area contributed by atoms with Crippen LogP contribution in [0.5, 0.6) is 0 Å². The van der Waals surface area contributed by atoms with E-state index in [2.05, 4.69) is 15.9 Å². The molecule has 2 rings (SSSR count). The largest absolute Gasteiger partial charge is 0.207 e. The maximum absolute atomic E-state index is 13.6. The zero-order valence-corrected chi connectivity index (χ0v) is 10.3. The first-order chi connectivity index (χ1) is 7.09. The van der Waals surface area contributed by atoms with Crippen LogP contribution < -0.4 is 0 Å². The Balaban J connectivity index is 2.39. The second-order valence-corrected chi connectivity index (χ2v) is 5.27. The second kappa shape index (κ2) is 4.38. The molecular weight excluding hydrogens is 285 g/mol. The summed E-state index contributed by atoms with van der Waals surface area (Å²) >= 11 is 9.07. The first-order valence-corrected chi connectivity index (χ1v) is 6.10. The Morgan fingerprint density at radius 3 is 2.47 bits per heavy atom. The zero-order valence-electron chi connectivity index (χ0n) is 7.94. The normalized spacial score (nSPS) is 25.9. The van der Waals surface area contributed by atoms with Gasteiger partial charge in [-0.3, -0.25) is 0 Å². The van der Waals surface area contributed by atoms with Crippen LogP contribution in [0.25, 0.3) is 0 Å². The van der Waals surface area contributed by atoms with Crippen LogP contribution in [-0.4, -0.2) is 5.38 Å². The van der Waals surface area contributed by atoms with Crippen molar-refractivity contribution in [1.82, 2.24) is 0 Å². The average molecular weight is 296 g/mol. The van der Waals surface area contributed by atoms with Gasteiger partial charge in [-0.15, -0.1) is 11.6 Å². The third-order valence-corrected chi connectivity index (χ3v) is 4.06. The van der Waals surface area contributed by atoms with E-state index in [1.54, 1.807) is 0 Å². The van der Waals surface area contributed by atoms with Gasteiger partial charge in [-0.1, -0.05) is 0 Å². The summed E-state index contributed by atoms with van der Waals surface area (Å²) in [7, 11) is 0. The Kier molecular flexibility index (Phi) is 3.31. The Bertz CT molecular complexity index is 381. The lowest BCUT2D eigenvalue weighted by atomic mass is 9.97. The smallest absolute Gasteiger partial charge is 0.137 e. The van der Waals surface area contributed by atoms with Gasteiger partial charge < -0.3 is 0 Å². The summed E-state index contributed by atoms with van der Waals surface area (Å²) in [6.07, 6.45) is 2.42. The summed E-state index contributed by atoms with van der Waals surface area (Å²) in [4.78, 5) is 0. The highest BCUT2D eigenvalue weighted by molar-refractivity contribution is 9.10. The Hall–Kier alpha value is -0.150. The molecule has 1 aromatic rings. The number of hydrogen-bond acceptors (Lipinski definition) is 0. The lowest BCUT2D eigenvalue weighted by Gasteiger charge is -2.13. The summed E-state index contributed by atoms with van der Waals surface area (Å²) in [6, 6.07) is 2.31. The molecule has 1 saturated carbocycles. The van der Waals surface area contributed by atoms with E-state index < -0.39 is 5.82 Å². The van der Waals surface area contributed by atoms with Gasteiger partial charge in [0.2, 0.25) is 0 Å². The van der Waals surface area contributed by atoms with Crippen LogP contribution in [0.2, 0.25) is 0 Å². The van der Waals surface area contributed by atoms with Crippen molar-refractivity contribution in [3.63, 3.8) is 0 Å². The summed E-state index contributed by atoms with van der Waals surface area (Å²) in [5, 5.41) is 0.0876. The van der Waals surface area contributed by atoms with Crippen molar-refractivity contribution in [3.8, 4) is 0 Å². The summed E-state index contributed by atoms with van der Waals surface area (Å²) in [5.74, 6) is -0.721. The summed E-state index contributed by atoms with van der Waals surface area (Å²) < 4.78 is 27.1. The van der Waals surface area contributed by atoms with Gasteiger partial charge in [-0.05, 0) is 53.2 Å². The first kappa shape index (κ1) is 11.3. The second-order valence-electron chi connectivity index (χ2n) is 3.86. The third kappa shape index (κ3) is 2.18. The van der Waals surface area contributed by atoms with Gasteiger partial charge in [0.25, 0.3) is 0 Å². The van der Waals surface area contributed by atoms with Crippen LogP contribution in [0, 0.1) is 11.6 Å². The first-order valence-electron chi connectivity index (χ1n) is 4.87. The predicted molar refractivity (Wildman–Crippen MR) is 60.3 cm³/mol. The predicted octanol–water partition coefficient (Wildman–Crippen LogP) is 4.60. The molecule has 0 bridgehead atoms. The van der Waals surface area contributed by atoms with E-state index in [4.69, 9.17) is 11.6 Å². The molecule has 2 atom stereocenters. The van der Waals surface area contributed by atoms with Crippen molar-refractivity contribution in [2.45, 2.75) is 30.6 Å². The monoisotopic (exact) mass is 294 g/mol. The molecule has 82 valence electrons. The highest BCUT2D eigenvalue weighted by Crippen LogP contribution is 2.41. The van der Waals surface area contributed by atoms with E-state index in [-0.39, 0.29) is 21.6 Å². The molecule has 1 fully saturated rings. The molecule has 1 aromatic carbocycles. The van der Waals surface area contributed by atoms with Crippen molar-refractivity contribution in [2.24, 2.45) is 0 Å². The molecule has 2 unspecified atom stereocenters. The van der Waals surface area contributed by atoms with E-state index in [0.717, 1.165) is 25.3 Å². The lowest BCUT2D eigenvalue weighted by molar-refractivity contribution is 0.555. The highest BCUT2D eigenvalue weighted by atomic mass is 79.9. The highest BCUT2D eigenvalue weighted by Gasteiger charge is 2.28. The molecule has 1 aliphatic carbocycles. The SMILES string of the molecule is Fc1ccc(F)c(C2CCC(Cl)C2)c1Br. The fourth-order valence-electron chi connectivity index (χ4n) is 2.11. The van der Waals surface area contributed by atoms with Gasteiger partial charge in [-0.2, -0.15) is 0 Å². The van der Waals surface area contributed by atoms with Gasteiger partial charge in [0, 0.05) is 10.9 Å². The third-order valence-electron chi connectivity index (χ3n) is 2.86. The van der Waals surface area contributed by atoms with Crippen molar-refractivity contribution in [1.29, 1.82) is 0 Å². The summed E-state index contributed by atoms with van der Waals surface area (Å²) in [5.41, 5.74) is 0.443. The topological polar surface area (TPSA) is 0 Å². The maximum atomic E-state index is 13.6. The van der Waals surface area contributed by atoms with Crippen LogP contribution in [0.4, 0.5) is 8.78 Å². The number of benzene rings is 1. The van der Waals surface area contributed by atoms with Crippen molar-refractivity contribution >= 4 is 27.5 Å². The minimum absolute atomic E-state index is 0.0394. The maximum Gasteiger partial charge on any atom is 0.137 e. The molecule has 0 amide bonds. The molecule has 4 heteroatoms. The Morgan fingerprint density at radius 1 is 1.20 bits per heavy atom. The lowest BCUT2D eigenvalue weighted by Crippen LogP contribution is -2.01. The van der Waals surface area contributed by atoms with Gasteiger partial charge in [0.15, 0.2) is 0 Å². The van der Waals surface area contributed by atoms with Gasteiger partial charge in [-0.25, -0.2) is 8.78 Å². The van der Waals surface area contributed by atoms with Crippen LogP contribution in [-0.2, 0) is 0 Å². The number of alkyl halides is 1. The molecule has 0 heterocycles.